The zero-order valence-electron chi connectivity index (χ0n) is 13.5. The lowest BCUT2D eigenvalue weighted by Gasteiger charge is -2.06. The van der Waals surface area contributed by atoms with Gasteiger partial charge in [0, 0.05) is 25.4 Å². The molecule has 132 valence electrons. The summed E-state index contributed by atoms with van der Waals surface area (Å²) in [6, 6.07) is 8.50. The predicted molar refractivity (Wildman–Crippen MR) is 99.9 cm³/mol. The quantitative estimate of drug-likeness (QED) is 0.688. The van der Waals surface area contributed by atoms with E-state index in [0.717, 1.165) is 17.7 Å². The Balaban J connectivity index is 1.68. The van der Waals surface area contributed by atoms with Crippen molar-refractivity contribution in [2.24, 2.45) is 0 Å². The monoisotopic (exact) mass is 397 g/mol. The van der Waals surface area contributed by atoms with E-state index in [-0.39, 0.29) is 11.4 Å². The second-order valence-corrected chi connectivity index (χ2v) is 8.23. The summed E-state index contributed by atoms with van der Waals surface area (Å²) in [4.78, 5) is 4.66. The molecule has 1 aromatic carbocycles. The standard InChI is InChI=1S/C17H17Cl2N3O2S/c1-2-12-3-5-15(6-4-12)25(23,24)20-8-7-14-11-22-10-13(18)9-16(19)17(22)21-14/h3-6,9-11,20H,2,7-8H2,1H3. The summed E-state index contributed by atoms with van der Waals surface area (Å²) in [6.45, 7) is 2.27. The number of benzene rings is 1. The van der Waals surface area contributed by atoms with Crippen LogP contribution in [0.2, 0.25) is 10.0 Å². The first-order chi connectivity index (χ1) is 11.9. The van der Waals surface area contributed by atoms with E-state index < -0.39 is 10.0 Å². The second kappa shape index (κ2) is 7.33. The van der Waals surface area contributed by atoms with Gasteiger partial charge in [0.05, 0.1) is 20.6 Å². The van der Waals surface area contributed by atoms with Crippen molar-refractivity contribution in [3.63, 3.8) is 0 Å². The molecule has 0 bridgehead atoms. The third-order valence-corrected chi connectivity index (χ3v) is 5.80. The fourth-order valence-electron chi connectivity index (χ4n) is 2.50. The summed E-state index contributed by atoms with van der Waals surface area (Å²) < 4.78 is 29.0. The molecule has 2 aromatic heterocycles. The number of hydrogen-bond donors (Lipinski definition) is 1. The molecule has 0 aliphatic carbocycles. The molecule has 0 saturated carbocycles. The zero-order chi connectivity index (χ0) is 18.0. The number of rotatable bonds is 6. The van der Waals surface area contributed by atoms with Crippen molar-refractivity contribution < 1.29 is 8.42 Å². The van der Waals surface area contributed by atoms with Crippen molar-refractivity contribution in [1.29, 1.82) is 0 Å². The highest BCUT2D eigenvalue weighted by Gasteiger charge is 2.14. The lowest BCUT2D eigenvalue weighted by Crippen LogP contribution is -2.26. The van der Waals surface area contributed by atoms with Gasteiger partial charge >= 0.3 is 0 Å². The SMILES string of the molecule is CCc1ccc(S(=O)(=O)NCCc2cn3cc(Cl)cc(Cl)c3n2)cc1. The molecule has 0 unspecified atom stereocenters. The van der Waals surface area contributed by atoms with Crippen LogP contribution in [-0.4, -0.2) is 24.3 Å². The number of nitrogens with zero attached hydrogens (tertiary/aromatic N) is 2. The average molecular weight is 398 g/mol. The van der Waals surface area contributed by atoms with Crippen molar-refractivity contribution >= 4 is 38.9 Å². The van der Waals surface area contributed by atoms with E-state index >= 15 is 0 Å². The average Bonchev–Trinajstić information content (AvgIpc) is 2.98. The van der Waals surface area contributed by atoms with E-state index in [1.54, 1.807) is 35.0 Å². The first-order valence-corrected chi connectivity index (χ1v) is 10.0. The fourth-order valence-corrected chi connectivity index (χ4v) is 4.06. The first-order valence-electron chi connectivity index (χ1n) is 7.80. The van der Waals surface area contributed by atoms with Crippen LogP contribution < -0.4 is 4.72 Å². The van der Waals surface area contributed by atoms with Gasteiger partial charge in [-0.3, -0.25) is 0 Å². The topological polar surface area (TPSA) is 63.5 Å². The van der Waals surface area contributed by atoms with Gasteiger partial charge in [0.15, 0.2) is 5.65 Å². The minimum absolute atomic E-state index is 0.243. The summed E-state index contributed by atoms with van der Waals surface area (Å²) >= 11 is 12.1. The summed E-state index contributed by atoms with van der Waals surface area (Å²) in [5.74, 6) is 0. The molecule has 0 aliphatic rings. The van der Waals surface area contributed by atoms with Crippen LogP contribution in [0.4, 0.5) is 0 Å². The summed E-state index contributed by atoms with van der Waals surface area (Å²) in [5.41, 5.74) is 2.42. The maximum atomic E-state index is 12.3. The Labute approximate surface area is 156 Å². The van der Waals surface area contributed by atoms with Crippen molar-refractivity contribution in [3.8, 4) is 0 Å². The van der Waals surface area contributed by atoms with Gasteiger partial charge in [-0.1, -0.05) is 42.3 Å². The maximum Gasteiger partial charge on any atom is 0.240 e. The van der Waals surface area contributed by atoms with Crippen molar-refractivity contribution in [2.45, 2.75) is 24.7 Å². The Hall–Kier alpha value is -1.60. The molecule has 3 rings (SSSR count). The number of halogens is 2. The van der Waals surface area contributed by atoms with Crippen LogP contribution in [0, 0.1) is 0 Å². The van der Waals surface area contributed by atoms with Gasteiger partial charge in [-0.05, 0) is 30.2 Å². The number of imidazole rings is 1. The van der Waals surface area contributed by atoms with Crippen LogP contribution in [0.5, 0.6) is 0 Å². The van der Waals surface area contributed by atoms with E-state index in [2.05, 4.69) is 9.71 Å². The molecule has 0 atom stereocenters. The van der Waals surface area contributed by atoms with Crippen LogP contribution in [0.15, 0.2) is 47.6 Å². The normalized spacial score (nSPS) is 12.0. The first kappa shape index (κ1) is 18.2. The van der Waals surface area contributed by atoms with Crippen molar-refractivity contribution in [3.05, 3.63) is 64.0 Å². The highest BCUT2D eigenvalue weighted by atomic mass is 35.5. The van der Waals surface area contributed by atoms with Gasteiger partial charge in [0.25, 0.3) is 0 Å². The predicted octanol–water partition coefficient (Wildman–Crippen LogP) is 3.72. The smallest absolute Gasteiger partial charge is 0.240 e. The Kier molecular flexibility index (Phi) is 5.34. The number of aromatic nitrogens is 2. The summed E-state index contributed by atoms with van der Waals surface area (Å²) in [5, 5.41) is 0.966. The number of hydrogen-bond acceptors (Lipinski definition) is 3. The Morgan fingerprint density at radius 2 is 1.88 bits per heavy atom. The largest absolute Gasteiger partial charge is 0.304 e. The van der Waals surface area contributed by atoms with Gasteiger partial charge in [-0.2, -0.15) is 0 Å². The van der Waals surface area contributed by atoms with E-state index in [0.29, 0.717) is 22.1 Å². The van der Waals surface area contributed by atoms with Crippen LogP contribution >= 0.6 is 23.2 Å². The van der Waals surface area contributed by atoms with Crippen LogP contribution in [0.3, 0.4) is 0 Å². The number of pyridine rings is 1. The molecule has 2 heterocycles. The van der Waals surface area contributed by atoms with E-state index in [9.17, 15) is 8.42 Å². The summed E-state index contributed by atoms with van der Waals surface area (Å²) in [6.07, 6.45) is 4.81. The number of nitrogens with one attached hydrogen (secondary N) is 1. The third kappa shape index (κ3) is 4.15. The highest BCUT2D eigenvalue weighted by Crippen LogP contribution is 2.21. The third-order valence-electron chi connectivity index (χ3n) is 3.84. The van der Waals surface area contributed by atoms with Gasteiger partial charge < -0.3 is 4.40 Å². The molecule has 8 heteroatoms. The Morgan fingerprint density at radius 3 is 2.56 bits per heavy atom. The molecule has 0 radical (unpaired) electrons. The van der Waals surface area contributed by atoms with Crippen LogP contribution in [0.25, 0.3) is 5.65 Å². The number of fused-ring (bicyclic) bond motifs is 1. The minimum Gasteiger partial charge on any atom is -0.304 e. The molecule has 5 nitrogen and oxygen atoms in total. The van der Waals surface area contributed by atoms with E-state index in [1.165, 1.54) is 0 Å². The molecule has 25 heavy (non-hydrogen) atoms. The van der Waals surface area contributed by atoms with E-state index in [1.807, 2.05) is 19.1 Å². The molecule has 0 fully saturated rings. The summed E-state index contributed by atoms with van der Waals surface area (Å²) in [7, 11) is -3.53. The van der Waals surface area contributed by atoms with Gasteiger partial charge in [-0.15, -0.1) is 0 Å². The molecule has 3 aromatic rings. The molecular weight excluding hydrogens is 381 g/mol. The van der Waals surface area contributed by atoms with Gasteiger partial charge in [-0.25, -0.2) is 18.1 Å². The zero-order valence-corrected chi connectivity index (χ0v) is 15.9. The van der Waals surface area contributed by atoms with Crippen molar-refractivity contribution in [1.82, 2.24) is 14.1 Å². The second-order valence-electron chi connectivity index (χ2n) is 5.61. The molecule has 0 aliphatic heterocycles. The molecule has 0 spiro atoms. The molecule has 1 N–H and O–H groups in total. The molecular formula is C17H17Cl2N3O2S. The minimum atomic E-state index is -3.53. The number of sulfonamides is 1. The fraction of sp³-hybridized carbons (Fsp3) is 0.235. The number of aryl methyl sites for hydroxylation is 1. The Bertz CT molecular complexity index is 999. The van der Waals surface area contributed by atoms with Gasteiger partial charge in [0.2, 0.25) is 10.0 Å². The van der Waals surface area contributed by atoms with E-state index in [4.69, 9.17) is 23.2 Å². The van der Waals surface area contributed by atoms with Crippen LogP contribution in [0.1, 0.15) is 18.2 Å². The van der Waals surface area contributed by atoms with Crippen LogP contribution in [-0.2, 0) is 22.9 Å². The van der Waals surface area contributed by atoms with Gasteiger partial charge in [0.1, 0.15) is 0 Å². The maximum absolute atomic E-state index is 12.3. The highest BCUT2D eigenvalue weighted by molar-refractivity contribution is 7.89. The van der Waals surface area contributed by atoms with Crippen molar-refractivity contribution in [2.75, 3.05) is 6.54 Å². The Morgan fingerprint density at radius 1 is 1.16 bits per heavy atom. The molecule has 0 amide bonds. The molecule has 0 saturated heterocycles. The lowest BCUT2D eigenvalue weighted by molar-refractivity contribution is 0.581. The lowest BCUT2D eigenvalue weighted by atomic mass is 10.2.